The summed E-state index contributed by atoms with van der Waals surface area (Å²) in [5, 5.41) is 4.98. The normalized spacial score (nSPS) is 11.8. The molecular formula is C13H17F2N3O2. The largest absolute Gasteiger partial charge is 0.398 e. The number of anilines is 1. The minimum atomic E-state index is -1.17. The lowest BCUT2D eigenvalue weighted by atomic mass is 10.1. The second-order valence-corrected chi connectivity index (χ2v) is 4.34. The van der Waals surface area contributed by atoms with Crippen molar-refractivity contribution in [2.24, 2.45) is 0 Å². The highest BCUT2D eigenvalue weighted by Gasteiger charge is 2.19. The Balaban J connectivity index is 2.76. The van der Waals surface area contributed by atoms with Crippen LogP contribution in [-0.4, -0.2) is 24.4 Å². The first-order chi connectivity index (χ1) is 9.36. The molecule has 1 atom stereocenters. The fourth-order valence-corrected chi connectivity index (χ4v) is 1.50. The Labute approximate surface area is 115 Å². The Morgan fingerprint density at radius 1 is 1.30 bits per heavy atom. The molecule has 0 aliphatic carbocycles. The third kappa shape index (κ3) is 3.91. The molecule has 0 saturated heterocycles. The molecule has 0 aromatic heterocycles. The van der Waals surface area contributed by atoms with Gasteiger partial charge in [0.05, 0.1) is 5.56 Å². The van der Waals surface area contributed by atoms with Gasteiger partial charge in [0.25, 0.3) is 5.91 Å². The zero-order valence-electron chi connectivity index (χ0n) is 11.3. The summed E-state index contributed by atoms with van der Waals surface area (Å²) in [5.74, 6) is -3.40. The number of benzene rings is 1. The van der Waals surface area contributed by atoms with Crippen LogP contribution in [0.25, 0.3) is 0 Å². The third-order valence-electron chi connectivity index (χ3n) is 2.63. The lowest BCUT2D eigenvalue weighted by Crippen LogP contribution is -2.45. The molecule has 2 amide bonds. The molecule has 1 rings (SSSR count). The number of hydrogen-bond acceptors (Lipinski definition) is 3. The Morgan fingerprint density at radius 2 is 1.90 bits per heavy atom. The zero-order chi connectivity index (χ0) is 15.3. The van der Waals surface area contributed by atoms with Crippen molar-refractivity contribution in [2.45, 2.75) is 26.3 Å². The Hall–Kier alpha value is -2.18. The van der Waals surface area contributed by atoms with Crippen molar-refractivity contribution in [3.63, 3.8) is 0 Å². The van der Waals surface area contributed by atoms with Crippen LogP contribution < -0.4 is 16.4 Å². The van der Waals surface area contributed by atoms with Gasteiger partial charge in [-0.3, -0.25) is 9.59 Å². The molecule has 1 aromatic carbocycles. The molecule has 0 aliphatic heterocycles. The van der Waals surface area contributed by atoms with E-state index in [1.807, 2.05) is 6.92 Å². The van der Waals surface area contributed by atoms with E-state index in [0.717, 1.165) is 12.5 Å². The van der Waals surface area contributed by atoms with Gasteiger partial charge in [-0.2, -0.15) is 0 Å². The molecule has 1 unspecified atom stereocenters. The maximum absolute atomic E-state index is 13.1. The van der Waals surface area contributed by atoms with Gasteiger partial charge in [0, 0.05) is 18.3 Å². The minimum absolute atomic E-state index is 0.192. The highest BCUT2D eigenvalue weighted by atomic mass is 19.2. The highest BCUT2D eigenvalue weighted by Crippen LogP contribution is 2.17. The summed E-state index contributed by atoms with van der Waals surface area (Å²) in [4.78, 5) is 23.4. The van der Waals surface area contributed by atoms with E-state index in [9.17, 15) is 18.4 Å². The van der Waals surface area contributed by atoms with E-state index in [-0.39, 0.29) is 17.2 Å². The number of carbonyl (C=O) groups excluding carboxylic acids is 2. The summed E-state index contributed by atoms with van der Waals surface area (Å²) >= 11 is 0. The SMILES string of the molecule is CCCNC(=O)C(C)NC(=O)c1cc(F)c(F)cc1N. The number of hydrogen-bond donors (Lipinski definition) is 3. The molecule has 0 heterocycles. The number of nitrogens with two attached hydrogens (primary N) is 1. The highest BCUT2D eigenvalue weighted by molar-refractivity contribution is 6.01. The lowest BCUT2D eigenvalue weighted by Gasteiger charge is -2.14. The van der Waals surface area contributed by atoms with E-state index >= 15 is 0 Å². The molecule has 7 heteroatoms. The van der Waals surface area contributed by atoms with Crippen molar-refractivity contribution in [3.8, 4) is 0 Å². The lowest BCUT2D eigenvalue weighted by molar-refractivity contribution is -0.122. The summed E-state index contributed by atoms with van der Waals surface area (Å²) in [7, 11) is 0. The molecule has 1 aromatic rings. The molecular weight excluding hydrogens is 268 g/mol. The standard InChI is InChI=1S/C13H17F2N3O2/c1-3-4-17-12(19)7(2)18-13(20)8-5-9(14)10(15)6-11(8)16/h5-7H,3-4,16H2,1-2H3,(H,17,19)(H,18,20). The van der Waals surface area contributed by atoms with Crippen molar-refractivity contribution >= 4 is 17.5 Å². The Kier molecular flexibility index (Phi) is 5.42. The van der Waals surface area contributed by atoms with Crippen molar-refractivity contribution < 1.29 is 18.4 Å². The predicted molar refractivity (Wildman–Crippen MR) is 71.0 cm³/mol. The van der Waals surface area contributed by atoms with E-state index in [1.165, 1.54) is 6.92 Å². The van der Waals surface area contributed by atoms with Gasteiger partial charge in [-0.25, -0.2) is 8.78 Å². The van der Waals surface area contributed by atoms with Crippen LogP contribution in [0, 0.1) is 11.6 Å². The van der Waals surface area contributed by atoms with E-state index < -0.39 is 23.6 Å². The molecule has 0 radical (unpaired) electrons. The van der Waals surface area contributed by atoms with Crippen LogP contribution in [-0.2, 0) is 4.79 Å². The number of halogens is 2. The van der Waals surface area contributed by atoms with Crippen molar-refractivity contribution in [3.05, 3.63) is 29.3 Å². The second kappa shape index (κ2) is 6.83. The molecule has 5 nitrogen and oxygen atoms in total. The molecule has 20 heavy (non-hydrogen) atoms. The fraction of sp³-hybridized carbons (Fsp3) is 0.385. The minimum Gasteiger partial charge on any atom is -0.398 e. The zero-order valence-corrected chi connectivity index (χ0v) is 11.3. The van der Waals surface area contributed by atoms with Crippen LogP contribution in [0.15, 0.2) is 12.1 Å². The molecule has 0 saturated carbocycles. The van der Waals surface area contributed by atoms with Gasteiger partial charge in [-0.05, 0) is 19.4 Å². The second-order valence-electron chi connectivity index (χ2n) is 4.34. The van der Waals surface area contributed by atoms with Gasteiger partial charge in [0.15, 0.2) is 11.6 Å². The van der Waals surface area contributed by atoms with Crippen LogP contribution in [0.4, 0.5) is 14.5 Å². The number of rotatable bonds is 5. The quantitative estimate of drug-likeness (QED) is 0.711. The molecule has 4 N–H and O–H groups in total. The number of nitrogen functional groups attached to an aromatic ring is 1. The van der Waals surface area contributed by atoms with E-state index in [2.05, 4.69) is 10.6 Å². The van der Waals surface area contributed by atoms with Crippen molar-refractivity contribution in [1.29, 1.82) is 0 Å². The summed E-state index contributed by atoms with van der Waals surface area (Å²) in [5.41, 5.74) is 5.05. The average molecular weight is 285 g/mol. The van der Waals surface area contributed by atoms with Crippen LogP contribution >= 0.6 is 0 Å². The summed E-state index contributed by atoms with van der Waals surface area (Å²) in [6.45, 7) is 3.87. The van der Waals surface area contributed by atoms with E-state index in [0.29, 0.717) is 12.6 Å². The maximum Gasteiger partial charge on any atom is 0.254 e. The van der Waals surface area contributed by atoms with Crippen LogP contribution in [0.3, 0.4) is 0 Å². The van der Waals surface area contributed by atoms with E-state index in [4.69, 9.17) is 5.73 Å². The Bertz CT molecular complexity index is 521. The van der Waals surface area contributed by atoms with Crippen molar-refractivity contribution in [2.75, 3.05) is 12.3 Å². The van der Waals surface area contributed by atoms with Crippen LogP contribution in [0.1, 0.15) is 30.6 Å². The van der Waals surface area contributed by atoms with Gasteiger partial charge in [-0.1, -0.05) is 6.92 Å². The smallest absolute Gasteiger partial charge is 0.254 e. The maximum atomic E-state index is 13.1. The predicted octanol–water partition coefficient (Wildman–Crippen LogP) is 1.19. The molecule has 0 spiro atoms. The molecule has 0 aliphatic rings. The average Bonchev–Trinajstić information content (AvgIpc) is 2.39. The monoisotopic (exact) mass is 285 g/mol. The summed E-state index contributed by atoms with van der Waals surface area (Å²) in [6, 6.07) is 0.629. The first kappa shape index (κ1) is 15.9. The molecule has 0 fully saturated rings. The fourth-order valence-electron chi connectivity index (χ4n) is 1.50. The Morgan fingerprint density at radius 3 is 2.50 bits per heavy atom. The van der Waals surface area contributed by atoms with Gasteiger partial charge < -0.3 is 16.4 Å². The van der Waals surface area contributed by atoms with E-state index in [1.54, 1.807) is 0 Å². The van der Waals surface area contributed by atoms with Gasteiger partial charge in [0.2, 0.25) is 5.91 Å². The summed E-state index contributed by atoms with van der Waals surface area (Å²) in [6.07, 6.45) is 0.766. The third-order valence-corrected chi connectivity index (χ3v) is 2.63. The first-order valence-corrected chi connectivity index (χ1v) is 6.19. The molecule has 110 valence electrons. The van der Waals surface area contributed by atoms with Crippen LogP contribution in [0.5, 0.6) is 0 Å². The number of carbonyl (C=O) groups is 2. The van der Waals surface area contributed by atoms with Gasteiger partial charge in [-0.15, -0.1) is 0 Å². The number of nitrogens with one attached hydrogen (secondary N) is 2. The van der Waals surface area contributed by atoms with Crippen molar-refractivity contribution in [1.82, 2.24) is 10.6 Å². The molecule has 0 bridgehead atoms. The first-order valence-electron chi connectivity index (χ1n) is 6.19. The van der Waals surface area contributed by atoms with Crippen LogP contribution in [0.2, 0.25) is 0 Å². The summed E-state index contributed by atoms with van der Waals surface area (Å²) < 4.78 is 26.0. The van der Waals surface area contributed by atoms with Gasteiger partial charge in [0.1, 0.15) is 6.04 Å². The number of amides is 2. The topological polar surface area (TPSA) is 84.2 Å². The van der Waals surface area contributed by atoms with Gasteiger partial charge >= 0.3 is 0 Å².